The molecule has 1 rings (SSSR count). The van der Waals surface area contributed by atoms with Crippen molar-refractivity contribution in [2.24, 2.45) is 5.41 Å². The number of allylic oxidation sites excluding steroid dienone is 1. The molecule has 0 saturated heterocycles. The molecule has 0 atom stereocenters. The number of hydrogen-bond donors (Lipinski definition) is 1. The maximum Gasteiger partial charge on any atom is 0.0241 e. The summed E-state index contributed by atoms with van der Waals surface area (Å²) in [5, 5.41) is 3.29. The van der Waals surface area contributed by atoms with E-state index in [2.05, 4.69) is 42.0 Å². The van der Waals surface area contributed by atoms with Crippen LogP contribution in [0.2, 0.25) is 0 Å². The first kappa shape index (κ1) is 7.13. The number of hydrogen-bond acceptors (Lipinski definition) is 1. The van der Waals surface area contributed by atoms with E-state index in [-0.39, 0.29) is 0 Å². The summed E-state index contributed by atoms with van der Waals surface area (Å²) in [5.74, 6) is 0. The lowest BCUT2D eigenvalue weighted by molar-refractivity contribution is 0.490. The molecule has 1 heterocycles. The summed E-state index contributed by atoms with van der Waals surface area (Å²) < 4.78 is 1.31. The predicted octanol–water partition coefficient (Wildman–Crippen LogP) is 2.24. The minimum absolute atomic E-state index is 0.310. The zero-order valence-electron chi connectivity index (χ0n) is 6.09. The second-order valence-electron chi connectivity index (χ2n) is 3.18. The van der Waals surface area contributed by atoms with Crippen molar-refractivity contribution in [2.75, 3.05) is 6.54 Å². The van der Waals surface area contributed by atoms with E-state index in [1.807, 2.05) is 0 Å². The lowest BCUT2D eigenvalue weighted by Crippen LogP contribution is -2.18. The molecule has 1 nitrogen and oxygen atoms in total. The van der Waals surface area contributed by atoms with E-state index in [0.29, 0.717) is 5.41 Å². The Labute approximate surface area is 64.7 Å². The molecule has 0 aromatic carbocycles. The molecule has 9 heavy (non-hydrogen) atoms. The van der Waals surface area contributed by atoms with Crippen molar-refractivity contribution in [3.63, 3.8) is 0 Å². The molecule has 52 valence electrons. The molecule has 1 N–H and O–H groups in total. The van der Waals surface area contributed by atoms with Crippen LogP contribution in [0.4, 0.5) is 0 Å². The van der Waals surface area contributed by atoms with Crippen molar-refractivity contribution in [1.82, 2.24) is 5.32 Å². The fraction of sp³-hybridized carbons (Fsp3) is 0.714. The number of halogens is 1. The van der Waals surface area contributed by atoms with E-state index in [4.69, 9.17) is 0 Å². The Balaban J connectivity index is 2.88. The monoisotopic (exact) mass is 189 g/mol. The van der Waals surface area contributed by atoms with Crippen LogP contribution in [-0.4, -0.2) is 6.54 Å². The Morgan fingerprint density at radius 3 is 2.22 bits per heavy atom. The largest absolute Gasteiger partial charge is 0.387 e. The molecular weight excluding hydrogens is 178 g/mol. The average Bonchev–Trinajstić information content (AvgIpc) is 1.97. The lowest BCUT2D eigenvalue weighted by atomic mass is 9.96. The molecule has 0 fully saturated rings. The van der Waals surface area contributed by atoms with Gasteiger partial charge in [-0.15, -0.1) is 0 Å². The van der Waals surface area contributed by atoms with Gasteiger partial charge in [0.2, 0.25) is 0 Å². The van der Waals surface area contributed by atoms with Gasteiger partial charge in [-0.2, -0.15) is 0 Å². The SMILES string of the molecule is CC1=C(Br)C(C)(C)CN1. The summed E-state index contributed by atoms with van der Waals surface area (Å²) in [6, 6.07) is 0. The van der Waals surface area contributed by atoms with Gasteiger partial charge in [0, 0.05) is 22.1 Å². The van der Waals surface area contributed by atoms with Crippen LogP contribution in [0.25, 0.3) is 0 Å². The van der Waals surface area contributed by atoms with E-state index >= 15 is 0 Å². The predicted molar refractivity (Wildman–Crippen MR) is 43.4 cm³/mol. The van der Waals surface area contributed by atoms with Gasteiger partial charge in [0.15, 0.2) is 0 Å². The smallest absolute Gasteiger partial charge is 0.0241 e. The summed E-state index contributed by atoms with van der Waals surface area (Å²) in [7, 11) is 0. The Hall–Kier alpha value is 0.0200. The summed E-state index contributed by atoms with van der Waals surface area (Å²) in [4.78, 5) is 0. The minimum Gasteiger partial charge on any atom is -0.387 e. The molecule has 0 saturated carbocycles. The third-order valence-corrected chi connectivity index (χ3v) is 3.39. The summed E-state index contributed by atoms with van der Waals surface area (Å²) in [6.07, 6.45) is 0. The van der Waals surface area contributed by atoms with E-state index in [1.165, 1.54) is 10.2 Å². The third-order valence-electron chi connectivity index (χ3n) is 1.72. The maximum absolute atomic E-state index is 3.54. The van der Waals surface area contributed by atoms with Crippen LogP contribution in [0, 0.1) is 5.41 Å². The Bertz CT molecular complexity index is 158. The lowest BCUT2D eigenvalue weighted by Gasteiger charge is -2.15. The first-order valence-electron chi connectivity index (χ1n) is 3.15. The van der Waals surface area contributed by atoms with Crippen molar-refractivity contribution >= 4 is 15.9 Å². The zero-order valence-corrected chi connectivity index (χ0v) is 7.67. The topological polar surface area (TPSA) is 12.0 Å². The number of rotatable bonds is 0. The average molecular weight is 190 g/mol. The molecule has 0 amide bonds. The molecule has 1 aliphatic rings. The highest BCUT2D eigenvalue weighted by Gasteiger charge is 2.28. The Morgan fingerprint density at radius 2 is 2.11 bits per heavy atom. The van der Waals surface area contributed by atoms with Gasteiger partial charge in [0.25, 0.3) is 0 Å². The maximum atomic E-state index is 3.54. The molecule has 2 heteroatoms. The third kappa shape index (κ3) is 1.13. The van der Waals surface area contributed by atoms with E-state index in [1.54, 1.807) is 0 Å². The highest BCUT2D eigenvalue weighted by molar-refractivity contribution is 9.11. The minimum atomic E-state index is 0.310. The van der Waals surface area contributed by atoms with E-state index < -0.39 is 0 Å². The molecule has 1 aliphatic heterocycles. The second kappa shape index (κ2) is 2.01. The first-order valence-corrected chi connectivity index (χ1v) is 3.94. The van der Waals surface area contributed by atoms with Crippen LogP contribution in [0.15, 0.2) is 10.2 Å². The highest BCUT2D eigenvalue weighted by Crippen LogP contribution is 2.36. The van der Waals surface area contributed by atoms with Crippen LogP contribution in [0.3, 0.4) is 0 Å². The van der Waals surface area contributed by atoms with Crippen molar-refractivity contribution < 1.29 is 0 Å². The molecule has 0 aliphatic carbocycles. The zero-order chi connectivity index (χ0) is 7.07. The van der Waals surface area contributed by atoms with Gasteiger partial charge in [0.05, 0.1) is 0 Å². The van der Waals surface area contributed by atoms with Crippen molar-refractivity contribution in [3.8, 4) is 0 Å². The Kier molecular flexibility index (Phi) is 1.59. The molecule has 0 aromatic heterocycles. The van der Waals surface area contributed by atoms with Gasteiger partial charge in [-0.25, -0.2) is 0 Å². The molecule has 0 spiro atoms. The first-order chi connectivity index (χ1) is 4.04. The second-order valence-corrected chi connectivity index (χ2v) is 3.97. The summed E-state index contributed by atoms with van der Waals surface area (Å²) in [5.41, 5.74) is 1.59. The van der Waals surface area contributed by atoms with E-state index in [0.717, 1.165) is 6.54 Å². The van der Waals surface area contributed by atoms with Crippen molar-refractivity contribution in [2.45, 2.75) is 20.8 Å². The Morgan fingerprint density at radius 1 is 1.56 bits per heavy atom. The molecule has 0 bridgehead atoms. The van der Waals surface area contributed by atoms with Crippen LogP contribution in [0.1, 0.15) is 20.8 Å². The van der Waals surface area contributed by atoms with Gasteiger partial charge in [-0.05, 0) is 6.92 Å². The van der Waals surface area contributed by atoms with Crippen LogP contribution < -0.4 is 5.32 Å². The quantitative estimate of drug-likeness (QED) is 0.617. The molecule has 0 aromatic rings. The van der Waals surface area contributed by atoms with Crippen LogP contribution in [0.5, 0.6) is 0 Å². The fourth-order valence-electron chi connectivity index (χ4n) is 1.02. The summed E-state index contributed by atoms with van der Waals surface area (Å²) >= 11 is 3.54. The van der Waals surface area contributed by atoms with E-state index in [9.17, 15) is 0 Å². The normalized spacial score (nSPS) is 24.4. The molecular formula is C7H12BrN. The van der Waals surface area contributed by atoms with Gasteiger partial charge < -0.3 is 5.32 Å². The van der Waals surface area contributed by atoms with Crippen molar-refractivity contribution in [1.29, 1.82) is 0 Å². The van der Waals surface area contributed by atoms with Crippen LogP contribution >= 0.6 is 15.9 Å². The van der Waals surface area contributed by atoms with Gasteiger partial charge in [-0.1, -0.05) is 29.8 Å². The standard InChI is InChI=1S/C7H12BrN/c1-5-6(8)7(2,3)4-9-5/h9H,4H2,1-3H3. The fourth-order valence-corrected chi connectivity index (χ4v) is 1.30. The van der Waals surface area contributed by atoms with Gasteiger partial charge >= 0.3 is 0 Å². The van der Waals surface area contributed by atoms with Gasteiger partial charge in [-0.3, -0.25) is 0 Å². The number of nitrogens with one attached hydrogen (secondary N) is 1. The van der Waals surface area contributed by atoms with Crippen molar-refractivity contribution in [3.05, 3.63) is 10.2 Å². The summed E-state index contributed by atoms with van der Waals surface area (Å²) in [6.45, 7) is 7.60. The van der Waals surface area contributed by atoms with Gasteiger partial charge in [0.1, 0.15) is 0 Å². The van der Waals surface area contributed by atoms with Crippen LogP contribution in [-0.2, 0) is 0 Å². The molecule has 0 radical (unpaired) electrons. The highest BCUT2D eigenvalue weighted by atomic mass is 79.9. The molecule has 0 unspecified atom stereocenters.